The van der Waals surface area contributed by atoms with E-state index in [1.165, 1.54) is 30.3 Å². The van der Waals surface area contributed by atoms with Crippen LogP contribution in [0.3, 0.4) is 0 Å². The van der Waals surface area contributed by atoms with E-state index in [0.29, 0.717) is 0 Å². The van der Waals surface area contributed by atoms with Crippen molar-refractivity contribution in [2.24, 2.45) is 0 Å². The fraction of sp³-hybridized carbons (Fsp3) is 0.143. The lowest BCUT2D eigenvalue weighted by Gasteiger charge is -2.12. The Labute approximate surface area is 133 Å². The Morgan fingerprint density at radius 1 is 1.22 bits per heavy atom. The molecule has 0 fully saturated rings. The van der Waals surface area contributed by atoms with Crippen molar-refractivity contribution in [1.82, 2.24) is 5.48 Å². The SMILES string of the molecule is CCNOS(=O)(=O)c1cccc([N+](=O)[O-])c1-c1ccccc1N. The summed E-state index contributed by atoms with van der Waals surface area (Å²) in [7, 11) is -4.25. The van der Waals surface area contributed by atoms with Gasteiger partial charge in [0.2, 0.25) is 0 Å². The number of nitrogens with two attached hydrogens (primary N) is 1. The van der Waals surface area contributed by atoms with Crippen molar-refractivity contribution in [3.05, 3.63) is 52.6 Å². The molecule has 2 rings (SSSR count). The second-order valence-corrected chi connectivity index (χ2v) is 6.04. The molecule has 0 saturated heterocycles. The molecule has 2 aromatic rings. The van der Waals surface area contributed by atoms with Crippen molar-refractivity contribution in [2.45, 2.75) is 11.8 Å². The third-order valence-corrected chi connectivity index (χ3v) is 4.23. The van der Waals surface area contributed by atoms with E-state index in [1.807, 2.05) is 0 Å². The predicted molar refractivity (Wildman–Crippen MR) is 84.9 cm³/mol. The van der Waals surface area contributed by atoms with Gasteiger partial charge >= 0.3 is 10.1 Å². The number of hydrogen-bond acceptors (Lipinski definition) is 7. The normalized spacial score (nSPS) is 11.3. The molecule has 0 aliphatic rings. The molecule has 0 bridgehead atoms. The Hall–Kier alpha value is -2.49. The first-order chi connectivity index (χ1) is 10.9. The molecule has 2 aromatic carbocycles. The van der Waals surface area contributed by atoms with Crippen molar-refractivity contribution in [3.8, 4) is 11.1 Å². The second kappa shape index (κ2) is 6.73. The largest absolute Gasteiger partial charge is 0.398 e. The molecule has 122 valence electrons. The summed E-state index contributed by atoms with van der Waals surface area (Å²) < 4.78 is 29.3. The van der Waals surface area contributed by atoms with Gasteiger partial charge in [0.05, 0.1) is 10.5 Å². The monoisotopic (exact) mass is 337 g/mol. The Balaban J connectivity index is 2.77. The van der Waals surface area contributed by atoms with Gasteiger partial charge in [0.1, 0.15) is 4.90 Å². The number of para-hydroxylation sites is 1. The summed E-state index contributed by atoms with van der Waals surface area (Å²) in [5.41, 5.74) is 8.10. The summed E-state index contributed by atoms with van der Waals surface area (Å²) in [5, 5.41) is 11.3. The summed E-state index contributed by atoms with van der Waals surface area (Å²) in [6.45, 7) is 1.90. The van der Waals surface area contributed by atoms with Gasteiger partial charge in [-0.2, -0.15) is 18.2 Å². The number of nitro benzene ring substituents is 1. The van der Waals surface area contributed by atoms with Crippen molar-refractivity contribution >= 4 is 21.5 Å². The number of rotatable bonds is 6. The van der Waals surface area contributed by atoms with E-state index in [-0.39, 0.29) is 33.9 Å². The number of nitro groups is 1. The van der Waals surface area contributed by atoms with Crippen molar-refractivity contribution in [3.63, 3.8) is 0 Å². The molecular formula is C14H15N3O5S. The van der Waals surface area contributed by atoms with E-state index in [2.05, 4.69) is 9.76 Å². The van der Waals surface area contributed by atoms with Gasteiger partial charge in [0.15, 0.2) is 0 Å². The fourth-order valence-corrected chi connectivity index (χ4v) is 3.13. The lowest BCUT2D eigenvalue weighted by atomic mass is 10.0. The van der Waals surface area contributed by atoms with Crippen molar-refractivity contribution in [2.75, 3.05) is 12.3 Å². The van der Waals surface area contributed by atoms with Crippen LogP contribution in [0.1, 0.15) is 6.92 Å². The van der Waals surface area contributed by atoms with Crippen LogP contribution < -0.4 is 11.2 Å². The zero-order chi connectivity index (χ0) is 17.0. The molecule has 0 amide bonds. The topological polar surface area (TPSA) is 125 Å². The third-order valence-electron chi connectivity index (χ3n) is 3.01. The lowest BCUT2D eigenvalue weighted by Crippen LogP contribution is -2.20. The lowest BCUT2D eigenvalue weighted by molar-refractivity contribution is -0.384. The molecule has 0 atom stereocenters. The highest BCUT2D eigenvalue weighted by Gasteiger charge is 2.28. The van der Waals surface area contributed by atoms with E-state index in [0.717, 1.165) is 0 Å². The summed E-state index contributed by atoms with van der Waals surface area (Å²) in [5.74, 6) is 0. The molecule has 23 heavy (non-hydrogen) atoms. The molecule has 0 radical (unpaired) electrons. The summed E-state index contributed by atoms with van der Waals surface area (Å²) in [4.78, 5) is 10.3. The van der Waals surface area contributed by atoms with E-state index >= 15 is 0 Å². The molecule has 0 saturated carbocycles. The Kier molecular flexibility index (Phi) is 4.94. The van der Waals surface area contributed by atoms with Gasteiger partial charge in [0, 0.05) is 23.9 Å². The van der Waals surface area contributed by atoms with Gasteiger partial charge in [0.25, 0.3) is 5.69 Å². The summed E-state index contributed by atoms with van der Waals surface area (Å²) in [6, 6.07) is 10.1. The first-order valence-corrected chi connectivity index (χ1v) is 8.08. The molecule has 3 N–H and O–H groups in total. The number of nitrogens with zero attached hydrogens (tertiary/aromatic N) is 1. The minimum atomic E-state index is -4.25. The Morgan fingerprint density at radius 3 is 2.52 bits per heavy atom. The van der Waals surface area contributed by atoms with E-state index in [9.17, 15) is 18.5 Å². The summed E-state index contributed by atoms with van der Waals surface area (Å²) >= 11 is 0. The third kappa shape index (κ3) is 3.47. The predicted octanol–water partition coefficient (Wildman–Crippen LogP) is 2.07. The van der Waals surface area contributed by atoms with E-state index < -0.39 is 15.0 Å². The number of hydrogen-bond donors (Lipinski definition) is 2. The molecule has 0 heterocycles. The van der Waals surface area contributed by atoms with Crippen LogP contribution in [0.2, 0.25) is 0 Å². The molecule has 8 nitrogen and oxygen atoms in total. The van der Waals surface area contributed by atoms with Crippen LogP contribution in [0, 0.1) is 10.1 Å². The zero-order valence-corrected chi connectivity index (χ0v) is 13.0. The number of anilines is 1. The van der Waals surface area contributed by atoms with Crippen LogP contribution in [0.5, 0.6) is 0 Å². The first kappa shape index (κ1) is 16.9. The van der Waals surface area contributed by atoms with Gasteiger partial charge in [-0.3, -0.25) is 10.1 Å². The van der Waals surface area contributed by atoms with Crippen LogP contribution in [0.15, 0.2) is 47.4 Å². The molecule has 0 spiro atoms. The van der Waals surface area contributed by atoms with Gasteiger partial charge in [-0.05, 0) is 12.1 Å². The average Bonchev–Trinajstić information content (AvgIpc) is 2.52. The molecule has 0 aliphatic heterocycles. The van der Waals surface area contributed by atoms with Crippen LogP contribution in [-0.2, 0) is 14.4 Å². The molecule has 0 aromatic heterocycles. The quantitative estimate of drug-likeness (QED) is 0.469. The fourth-order valence-electron chi connectivity index (χ4n) is 2.06. The second-order valence-electron chi connectivity index (χ2n) is 4.53. The van der Waals surface area contributed by atoms with Crippen molar-refractivity contribution in [1.29, 1.82) is 0 Å². The zero-order valence-electron chi connectivity index (χ0n) is 12.2. The highest BCUT2D eigenvalue weighted by atomic mass is 32.2. The average molecular weight is 337 g/mol. The van der Waals surface area contributed by atoms with Crippen LogP contribution in [0.4, 0.5) is 11.4 Å². The highest BCUT2D eigenvalue weighted by Crippen LogP contribution is 2.38. The Morgan fingerprint density at radius 2 is 1.91 bits per heavy atom. The maximum absolute atomic E-state index is 12.3. The number of benzene rings is 2. The summed E-state index contributed by atoms with van der Waals surface area (Å²) in [6.07, 6.45) is 0. The number of nitrogen functional groups attached to an aromatic ring is 1. The highest BCUT2D eigenvalue weighted by molar-refractivity contribution is 7.86. The molecular weight excluding hydrogens is 322 g/mol. The number of hydroxylamine groups is 1. The van der Waals surface area contributed by atoms with Crippen LogP contribution in [0.25, 0.3) is 11.1 Å². The maximum Gasteiger partial charge on any atom is 0.313 e. The maximum atomic E-state index is 12.3. The molecule has 0 aliphatic carbocycles. The Bertz CT molecular complexity index is 836. The van der Waals surface area contributed by atoms with Crippen molar-refractivity contribution < 1.29 is 17.6 Å². The van der Waals surface area contributed by atoms with Crippen LogP contribution in [-0.4, -0.2) is 19.9 Å². The molecule has 0 unspecified atom stereocenters. The van der Waals surface area contributed by atoms with Gasteiger partial charge < -0.3 is 5.73 Å². The standard InChI is InChI=1S/C14H15N3O5S/c1-2-16-22-23(20,21)13-9-5-8-12(17(18)19)14(13)10-6-3-4-7-11(10)15/h3-9,16H,2,15H2,1H3. The molecule has 9 heteroatoms. The van der Waals surface area contributed by atoms with E-state index in [4.69, 9.17) is 5.73 Å². The van der Waals surface area contributed by atoms with Gasteiger partial charge in [-0.15, -0.1) is 0 Å². The van der Waals surface area contributed by atoms with Gasteiger partial charge in [-0.25, -0.2) is 0 Å². The minimum absolute atomic E-state index is 0.103. The van der Waals surface area contributed by atoms with Gasteiger partial charge in [-0.1, -0.05) is 31.2 Å². The first-order valence-electron chi connectivity index (χ1n) is 6.67. The number of nitrogens with one attached hydrogen (secondary N) is 1. The smallest absolute Gasteiger partial charge is 0.313 e. The van der Waals surface area contributed by atoms with E-state index in [1.54, 1.807) is 19.1 Å². The van der Waals surface area contributed by atoms with Crippen LogP contribution >= 0.6 is 0 Å². The minimum Gasteiger partial charge on any atom is -0.398 e.